The molecule has 0 bridgehead atoms. The van der Waals surface area contributed by atoms with E-state index in [4.69, 9.17) is 9.84 Å². The highest BCUT2D eigenvalue weighted by molar-refractivity contribution is 5.80. The molecule has 4 nitrogen and oxygen atoms in total. The van der Waals surface area contributed by atoms with Crippen molar-refractivity contribution in [1.82, 2.24) is 5.32 Å². The molecule has 88 valence electrons. The van der Waals surface area contributed by atoms with Crippen molar-refractivity contribution < 1.29 is 19.0 Å². The Morgan fingerprint density at radius 2 is 2.19 bits per heavy atom. The SMILES string of the molecule is CN[C@](C)(C(=O)O)c1ccc(OC)c(F)c1. The molecule has 0 fully saturated rings. The predicted octanol–water partition coefficient (Wildman–Crippen LogP) is 1.35. The first-order chi connectivity index (χ1) is 7.45. The third kappa shape index (κ3) is 1.99. The molecule has 0 aliphatic carbocycles. The third-order valence-corrected chi connectivity index (χ3v) is 2.66. The predicted molar refractivity (Wildman–Crippen MR) is 57.0 cm³/mol. The average molecular weight is 227 g/mol. The number of ether oxygens (including phenoxy) is 1. The van der Waals surface area contributed by atoms with Gasteiger partial charge in [0.15, 0.2) is 11.6 Å². The van der Waals surface area contributed by atoms with Gasteiger partial charge in [0.2, 0.25) is 0 Å². The molecule has 0 aliphatic heterocycles. The molecule has 0 heterocycles. The van der Waals surface area contributed by atoms with Gasteiger partial charge in [-0.25, -0.2) is 9.18 Å². The summed E-state index contributed by atoms with van der Waals surface area (Å²) in [5.41, 5.74) is -0.978. The van der Waals surface area contributed by atoms with Gasteiger partial charge in [-0.15, -0.1) is 0 Å². The molecule has 1 atom stereocenters. The molecular formula is C11H14FNO3. The number of aliphatic carboxylic acids is 1. The van der Waals surface area contributed by atoms with Gasteiger partial charge in [0.05, 0.1) is 7.11 Å². The lowest BCUT2D eigenvalue weighted by atomic mass is 9.92. The van der Waals surface area contributed by atoms with Gasteiger partial charge >= 0.3 is 5.97 Å². The van der Waals surface area contributed by atoms with E-state index in [9.17, 15) is 9.18 Å². The van der Waals surface area contributed by atoms with Crippen LogP contribution in [0.1, 0.15) is 12.5 Å². The summed E-state index contributed by atoms with van der Waals surface area (Å²) in [6.07, 6.45) is 0. The van der Waals surface area contributed by atoms with Crippen molar-refractivity contribution in [2.45, 2.75) is 12.5 Å². The third-order valence-electron chi connectivity index (χ3n) is 2.66. The standard InChI is InChI=1S/C11H14FNO3/c1-11(13-2,10(14)15)7-4-5-9(16-3)8(12)6-7/h4-6,13H,1-3H3,(H,14,15)/t11-/m0/s1. The van der Waals surface area contributed by atoms with Crippen LogP contribution in [-0.2, 0) is 10.3 Å². The number of hydrogen-bond donors (Lipinski definition) is 2. The van der Waals surface area contributed by atoms with Crippen LogP contribution in [0.5, 0.6) is 5.75 Å². The minimum absolute atomic E-state index is 0.0904. The van der Waals surface area contributed by atoms with E-state index in [-0.39, 0.29) is 5.75 Å². The minimum Gasteiger partial charge on any atom is -0.494 e. The highest BCUT2D eigenvalue weighted by Gasteiger charge is 2.33. The molecule has 0 unspecified atom stereocenters. The summed E-state index contributed by atoms with van der Waals surface area (Å²) < 4.78 is 18.2. The zero-order valence-electron chi connectivity index (χ0n) is 9.37. The topological polar surface area (TPSA) is 58.6 Å². The number of hydrogen-bond acceptors (Lipinski definition) is 3. The second kappa shape index (κ2) is 4.49. The summed E-state index contributed by atoms with van der Waals surface area (Å²) in [7, 11) is 2.86. The number of halogens is 1. The van der Waals surface area contributed by atoms with Crippen LogP contribution < -0.4 is 10.1 Å². The van der Waals surface area contributed by atoms with E-state index >= 15 is 0 Å². The first-order valence-corrected chi connectivity index (χ1v) is 4.72. The molecule has 0 saturated heterocycles. The fourth-order valence-electron chi connectivity index (χ4n) is 1.35. The van der Waals surface area contributed by atoms with E-state index in [1.54, 1.807) is 0 Å². The van der Waals surface area contributed by atoms with E-state index in [2.05, 4.69) is 5.32 Å². The molecule has 0 amide bonds. The largest absolute Gasteiger partial charge is 0.494 e. The lowest BCUT2D eigenvalue weighted by Gasteiger charge is -2.24. The second-order valence-corrected chi connectivity index (χ2v) is 3.53. The molecule has 1 aromatic rings. The lowest BCUT2D eigenvalue weighted by Crippen LogP contribution is -2.44. The van der Waals surface area contributed by atoms with Crippen LogP contribution >= 0.6 is 0 Å². The average Bonchev–Trinajstić information content (AvgIpc) is 2.27. The van der Waals surface area contributed by atoms with Crippen molar-refractivity contribution in [3.63, 3.8) is 0 Å². The van der Waals surface area contributed by atoms with Gasteiger partial charge in [-0.3, -0.25) is 0 Å². The van der Waals surface area contributed by atoms with Crippen molar-refractivity contribution >= 4 is 5.97 Å². The van der Waals surface area contributed by atoms with Crippen LogP contribution in [0, 0.1) is 5.82 Å². The molecule has 2 N–H and O–H groups in total. The highest BCUT2D eigenvalue weighted by atomic mass is 19.1. The fraction of sp³-hybridized carbons (Fsp3) is 0.364. The number of rotatable bonds is 4. The molecule has 0 spiro atoms. The number of carboxylic acid groups (broad SMARTS) is 1. The number of methoxy groups -OCH3 is 1. The number of likely N-dealkylation sites (N-methyl/N-ethyl adjacent to an activating group) is 1. The van der Waals surface area contributed by atoms with Crippen molar-refractivity contribution in [2.24, 2.45) is 0 Å². The molecule has 1 rings (SSSR count). The van der Waals surface area contributed by atoms with Gasteiger partial charge in [0.25, 0.3) is 0 Å². The Hall–Kier alpha value is -1.62. The van der Waals surface area contributed by atoms with E-state index in [1.165, 1.54) is 33.2 Å². The Balaban J connectivity index is 3.23. The van der Waals surface area contributed by atoms with Gasteiger partial charge in [-0.05, 0) is 31.7 Å². The maximum Gasteiger partial charge on any atom is 0.328 e. The Morgan fingerprint density at radius 1 is 1.56 bits per heavy atom. The second-order valence-electron chi connectivity index (χ2n) is 3.53. The van der Waals surface area contributed by atoms with Crippen LogP contribution in [0.3, 0.4) is 0 Å². The molecule has 0 saturated carbocycles. The van der Waals surface area contributed by atoms with E-state index in [1.807, 2.05) is 0 Å². The highest BCUT2D eigenvalue weighted by Crippen LogP contribution is 2.25. The van der Waals surface area contributed by atoms with E-state index in [0.29, 0.717) is 5.56 Å². The Kier molecular flexibility index (Phi) is 3.49. The summed E-state index contributed by atoms with van der Waals surface area (Å²) in [6, 6.07) is 4.08. The normalized spacial score (nSPS) is 14.2. The van der Waals surface area contributed by atoms with Gasteiger partial charge in [0.1, 0.15) is 5.54 Å². The maximum absolute atomic E-state index is 13.4. The van der Waals surface area contributed by atoms with Gasteiger partial charge in [-0.1, -0.05) is 6.07 Å². The first-order valence-electron chi connectivity index (χ1n) is 4.72. The Bertz CT molecular complexity index is 408. The van der Waals surface area contributed by atoms with Crippen molar-refractivity contribution in [2.75, 3.05) is 14.2 Å². The molecular weight excluding hydrogens is 213 g/mol. The van der Waals surface area contributed by atoms with Crippen molar-refractivity contribution in [3.8, 4) is 5.75 Å². The zero-order valence-corrected chi connectivity index (χ0v) is 9.37. The summed E-state index contributed by atoms with van der Waals surface area (Å²) in [5, 5.41) is 11.7. The molecule has 16 heavy (non-hydrogen) atoms. The minimum atomic E-state index is -1.31. The molecule has 0 aromatic heterocycles. The summed E-state index contributed by atoms with van der Waals surface area (Å²) in [5.74, 6) is -1.56. The summed E-state index contributed by atoms with van der Waals surface area (Å²) in [6.45, 7) is 1.47. The maximum atomic E-state index is 13.4. The molecule has 1 aromatic carbocycles. The van der Waals surface area contributed by atoms with Crippen LogP contribution in [-0.4, -0.2) is 25.2 Å². The van der Waals surface area contributed by atoms with Gasteiger partial charge in [0, 0.05) is 0 Å². The fourth-order valence-corrected chi connectivity index (χ4v) is 1.35. The lowest BCUT2D eigenvalue weighted by molar-refractivity contribution is -0.144. The van der Waals surface area contributed by atoms with Crippen LogP contribution in [0.4, 0.5) is 4.39 Å². The number of nitrogens with one attached hydrogen (secondary N) is 1. The summed E-state index contributed by atoms with van der Waals surface area (Å²) in [4.78, 5) is 11.1. The molecule has 0 radical (unpaired) electrons. The number of carboxylic acids is 1. The van der Waals surface area contributed by atoms with Gasteiger partial charge < -0.3 is 15.2 Å². The van der Waals surface area contributed by atoms with Gasteiger partial charge in [-0.2, -0.15) is 0 Å². The number of benzene rings is 1. The van der Waals surface area contributed by atoms with E-state index in [0.717, 1.165) is 6.07 Å². The quantitative estimate of drug-likeness (QED) is 0.815. The van der Waals surface area contributed by atoms with Crippen molar-refractivity contribution in [1.29, 1.82) is 0 Å². The van der Waals surface area contributed by atoms with Crippen LogP contribution in [0.2, 0.25) is 0 Å². The number of carbonyl (C=O) groups is 1. The van der Waals surface area contributed by atoms with Crippen LogP contribution in [0.25, 0.3) is 0 Å². The molecule has 0 aliphatic rings. The Labute approximate surface area is 93.0 Å². The molecule has 5 heteroatoms. The smallest absolute Gasteiger partial charge is 0.328 e. The monoisotopic (exact) mass is 227 g/mol. The van der Waals surface area contributed by atoms with Crippen molar-refractivity contribution in [3.05, 3.63) is 29.6 Å². The zero-order chi connectivity index (χ0) is 12.3. The first kappa shape index (κ1) is 12.4. The van der Waals surface area contributed by atoms with E-state index < -0.39 is 17.3 Å². The summed E-state index contributed by atoms with van der Waals surface area (Å²) >= 11 is 0. The Morgan fingerprint density at radius 3 is 2.56 bits per heavy atom. The van der Waals surface area contributed by atoms with Crippen LogP contribution in [0.15, 0.2) is 18.2 Å².